The lowest BCUT2D eigenvalue weighted by Gasteiger charge is -2.31. The predicted molar refractivity (Wildman–Crippen MR) is 107 cm³/mol. The molecular formula is C23H29N3O2+2. The standard InChI is InChI=1S/C23H27N3O2/c1-18-6-5-7-19(14-18)16-24-10-12-25(13-11-24)17-26-22(27)15-21(23(26)28)20-8-3-2-4-9-20/h2-9,14,21H,10-13,15-17H2,1H3/p+2/t21-/m1/s1. The number of aryl methyl sites for hydroxylation is 1. The van der Waals surface area contributed by atoms with Crippen molar-refractivity contribution in [2.75, 3.05) is 32.8 Å². The number of hydrogen-bond donors (Lipinski definition) is 2. The largest absolute Gasteiger partial charge is 0.322 e. The molecule has 1 atom stereocenters. The molecule has 0 unspecified atom stereocenters. The first-order valence-corrected chi connectivity index (χ1v) is 10.2. The number of nitrogens with one attached hydrogen (secondary N) is 2. The predicted octanol–water partition coefficient (Wildman–Crippen LogP) is -0.221. The molecule has 2 heterocycles. The third-order valence-electron chi connectivity index (χ3n) is 6.03. The van der Waals surface area contributed by atoms with E-state index < -0.39 is 0 Å². The van der Waals surface area contributed by atoms with E-state index in [1.807, 2.05) is 30.3 Å². The molecule has 2 saturated heterocycles. The zero-order chi connectivity index (χ0) is 19.5. The van der Waals surface area contributed by atoms with Crippen LogP contribution in [0.2, 0.25) is 0 Å². The van der Waals surface area contributed by atoms with Crippen LogP contribution in [0.25, 0.3) is 0 Å². The minimum absolute atomic E-state index is 0.0270. The first-order valence-electron chi connectivity index (χ1n) is 10.2. The van der Waals surface area contributed by atoms with E-state index in [9.17, 15) is 9.59 Å². The van der Waals surface area contributed by atoms with Gasteiger partial charge in [-0.15, -0.1) is 0 Å². The van der Waals surface area contributed by atoms with Gasteiger partial charge in [-0.1, -0.05) is 60.2 Å². The van der Waals surface area contributed by atoms with Crippen LogP contribution in [0, 0.1) is 6.92 Å². The molecule has 0 radical (unpaired) electrons. The fraction of sp³-hybridized carbons (Fsp3) is 0.391. The molecule has 5 nitrogen and oxygen atoms in total. The summed E-state index contributed by atoms with van der Waals surface area (Å²) in [5, 5.41) is 0. The Hall–Kier alpha value is -2.50. The lowest BCUT2D eigenvalue weighted by atomic mass is 9.98. The fourth-order valence-corrected chi connectivity index (χ4v) is 4.42. The van der Waals surface area contributed by atoms with Crippen LogP contribution in [0.4, 0.5) is 0 Å². The van der Waals surface area contributed by atoms with E-state index in [1.165, 1.54) is 20.9 Å². The molecule has 2 amide bonds. The summed E-state index contributed by atoms with van der Waals surface area (Å²) in [6, 6.07) is 18.4. The third-order valence-corrected chi connectivity index (χ3v) is 6.03. The van der Waals surface area contributed by atoms with Gasteiger partial charge in [0.05, 0.1) is 5.92 Å². The maximum atomic E-state index is 12.8. The molecule has 2 aliphatic rings. The lowest BCUT2D eigenvalue weighted by Crippen LogP contribution is -3.28. The number of nitrogens with zero attached hydrogens (tertiary/aromatic N) is 1. The Labute approximate surface area is 166 Å². The number of rotatable bonds is 5. The normalized spacial score (nSPS) is 25.3. The minimum Gasteiger partial charge on any atom is -0.322 e. The molecule has 2 aromatic rings. The van der Waals surface area contributed by atoms with Gasteiger partial charge < -0.3 is 9.80 Å². The highest BCUT2D eigenvalue weighted by Crippen LogP contribution is 2.28. The number of carbonyl (C=O) groups excluding carboxylic acids is 2. The zero-order valence-electron chi connectivity index (χ0n) is 16.5. The molecule has 0 aliphatic carbocycles. The van der Waals surface area contributed by atoms with Crippen LogP contribution in [0.3, 0.4) is 0 Å². The zero-order valence-corrected chi connectivity index (χ0v) is 16.5. The lowest BCUT2D eigenvalue weighted by molar-refractivity contribution is -1.02. The van der Waals surface area contributed by atoms with Crippen molar-refractivity contribution >= 4 is 11.8 Å². The molecule has 0 aromatic heterocycles. The van der Waals surface area contributed by atoms with Gasteiger partial charge in [0.25, 0.3) is 0 Å². The molecule has 0 spiro atoms. The molecule has 0 saturated carbocycles. The smallest absolute Gasteiger partial charge is 0.241 e. The number of likely N-dealkylation sites (tertiary alicyclic amines) is 1. The van der Waals surface area contributed by atoms with E-state index in [0.717, 1.165) is 38.3 Å². The van der Waals surface area contributed by atoms with Gasteiger partial charge in [0, 0.05) is 12.0 Å². The Morgan fingerprint density at radius 3 is 2.36 bits per heavy atom. The van der Waals surface area contributed by atoms with Crippen molar-refractivity contribution in [2.45, 2.75) is 25.8 Å². The van der Waals surface area contributed by atoms with Crippen LogP contribution in [-0.2, 0) is 16.1 Å². The van der Waals surface area contributed by atoms with Crippen LogP contribution < -0.4 is 9.80 Å². The second-order valence-corrected chi connectivity index (χ2v) is 8.15. The van der Waals surface area contributed by atoms with Gasteiger partial charge >= 0.3 is 0 Å². The van der Waals surface area contributed by atoms with E-state index >= 15 is 0 Å². The monoisotopic (exact) mass is 379 g/mol. The molecular weight excluding hydrogens is 350 g/mol. The molecule has 146 valence electrons. The van der Waals surface area contributed by atoms with Crippen molar-refractivity contribution < 1.29 is 19.4 Å². The molecule has 28 heavy (non-hydrogen) atoms. The highest BCUT2D eigenvalue weighted by molar-refractivity contribution is 6.06. The van der Waals surface area contributed by atoms with Crippen molar-refractivity contribution in [2.24, 2.45) is 0 Å². The van der Waals surface area contributed by atoms with Crippen LogP contribution in [0.5, 0.6) is 0 Å². The van der Waals surface area contributed by atoms with Crippen molar-refractivity contribution in [3.05, 3.63) is 71.3 Å². The van der Waals surface area contributed by atoms with E-state index in [2.05, 4.69) is 31.2 Å². The Morgan fingerprint density at radius 2 is 1.64 bits per heavy atom. The molecule has 2 aromatic carbocycles. The second kappa shape index (κ2) is 8.25. The van der Waals surface area contributed by atoms with E-state index in [1.54, 1.807) is 4.90 Å². The van der Waals surface area contributed by atoms with Gasteiger partial charge in [-0.05, 0) is 12.5 Å². The number of hydrogen-bond acceptors (Lipinski definition) is 2. The number of amides is 2. The number of carbonyl (C=O) groups is 2. The first kappa shape index (κ1) is 18.8. The van der Waals surface area contributed by atoms with Crippen LogP contribution in [-0.4, -0.2) is 49.6 Å². The van der Waals surface area contributed by atoms with Gasteiger partial charge in [-0.25, -0.2) is 4.90 Å². The molecule has 4 rings (SSSR count). The number of benzene rings is 2. The van der Waals surface area contributed by atoms with Gasteiger partial charge in [-0.3, -0.25) is 9.59 Å². The maximum Gasteiger partial charge on any atom is 0.241 e. The quantitative estimate of drug-likeness (QED) is 0.706. The summed E-state index contributed by atoms with van der Waals surface area (Å²) in [7, 11) is 0. The second-order valence-electron chi connectivity index (χ2n) is 8.15. The summed E-state index contributed by atoms with van der Waals surface area (Å²) < 4.78 is 0. The summed E-state index contributed by atoms with van der Waals surface area (Å²) in [6.07, 6.45) is 0.306. The molecule has 5 heteroatoms. The highest BCUT2D eigenvalue weighted by atomic mass is 16.2. The third kappa shape index (κ3) is 4.16. The Morgan fingerprint density at radius 1 is 0.929 bits per heavy atom. The van der Waals surface area contributed by atoms with Crippen molar-refractivity contribution in [1.82, 2.24) is 4.90 Å². The van der Waals surface area contributed by atoms with Gasteiger partial charge in [0.1, 0.15) is 32.7 Å². The molecule has 2 fully saturated rings. The Bertz CT molecular complexity index is 844. The van der Waals surface area contributed by atoms with Crippen LogP contribution >= 0.6 is 0 Å². The van der Waals surface area contributed by atoms with Gasteiger partial charge in [0.15, 0.2) is 6.67 Å². The number of quaternary nitrogens is 2. The van der Waals surface area contributed by atoms with Gasteiger partial charge in [0.2, 0.25) is 11.8 Å². The van der Waals surface area contributed by atoms with Crippen molar-refractivity contribution in [1.29, 1.82) is 0 Å². The molecule has 2 N–H and O–H groups in total. The number of piperazine rings is 1. The molecule has 2 aliphatic heterocycles. The Kier molecular flexibility index (Phi) is 5.55. The molecule has 0 bridgehead atoms. The maximum absolute atomic E-state index is 12.8. The average Bonchev–Trinajstić information content (AvgIpc) is 2.98. The summed E-state index contributed by atoms with van der Waals surface area (Å²) in [4.78, 5) is 29.7. The van der Waals surface area contributed by atoms with E-state index in [-0.39, 0.29) is 17.7 Å². The van der Waals surface area contributed by atoms with E-state index in [4.69, 9.17) is 0 Å². The first-order chi connectivity index (χ1) is 13.6. The van der Waals surface area contributed by atoms with Crippen molar-refractivity contribution in [3.8, 4) is 0 Å². The summed E-state index contributed by atoms with van der Waals surface area (Å²) >= 11 is 0. The minimum atomic E-state index is -0.304. The van der Waals surface area contributed by atoms with Crippen molar-refractivity contribution in [3.63, 3.8) is 0 Å². The Balaban J connectivity index is 1.31. The number of imide groups is 1. The topological polar surface area (TPSA) is 46.3 Å². The summed E-state index contributed by atoms with van der Waals surface area (Å²) in [6.45, 7) is 7.82. The van der Waals surface area contributed by atoms with Gasteiger partial charge in [-0.2, -0.15) is 0 Å². The van der Waals surface area contributed by atoms with E-state index in [0.29, 0.717) is 13.1 Å². The fourth-order valence-electron chi connectivity index (χ4n) is 4.42. The average molecular weight is 380 g/mol. The highest BCUT2D eigenvalue weighted by Gasteiger charge is 2.41. The SMILES string of the molecule is Cc1cccc(C[NH+]2CC[NH+](CN3C(=O)C[C@H](c4ccccc4)C3=O)CC2)c1. The van der Waals surface area contributed by atoms with Crippen LogP contribution in [0.15, 0.2) is 54.6 Å². The summed E-state index contributed by atoms with van der Waals surface area (Å²) in [5.41, 5.74) is 3.64. The van der Waals surface area contributed by atoms with Crippen LogP contribution in [0.1, 0.15) is 29.0 Å². The summed E-state index contributed by atoms with van der Waals surface area (Å²) in [5.74, 6) is -0.361.